The van der Waals surface area contributed by atoms with Gasteiger partial charge in [0, 0.05) is 25.0 Å². The van der Waals surface area contributed by atoms with Gasteiger partial charge in [0.05, 0.1) is 12.2 Å². The minimum Gasteiger partial charge on any atom is -0.431 e. The van der Waals surface area contributed by atoms with E-state index >= 15 is 0 Å². The lowest BCUT2D eigenvalue weighted by Gasteiger charge is -2.36. The molecule has 0 bridgehead atoms. The van der Waals surface area contributed by atoms with E-state index in [0.29, 0.717) is 6.42 Å². The van der Waals surface area contributed by atoms with Crippen LogP contribution in [0, 0.1) is 0 Å². The zero-order chi connectivity index (χ0) is 14.5. The molecule has 0 radical (unpaired) electrons. The second-order valence-corrected chi connectivity index (χ2v) is 5.65. The molecule has 2 heterocycles. The Kier molecular flexibility index (Phi) is 5.59. The molecule has 1 aromatic rings. The van der Waals surface area contributed by atoms with Crippen LogP contribution in [0.2, 0.25) is 0 Å². The first-order chi connectivity index (χ1) is 9.56. The van der Waals surface area contributed by atoms with E-state index in [1.807, 2.05) is 0 Å². The summed E-state index contributed by atoms with van der Waals surface area (Å²) < 4.78 is 10.8. The Morgan fingerprint density at radius 3 is 2.65 bits per heavy atom. The highest BCUT2D eigenvalue weighted by atomic mass is 31.2. The standard InChI is InChI=1S/C11H17N2O6P/c14-8-6-7(2-5-20(16)17)18-10(9(8)15)19-11-12-3-1-4-13-11/h1,3-4,7-10,14-17H,2,5-6H2. The highest BCUT2D eigenvalue weighted by Crippen LogP contribution is 2.29. The van der Waals surface area contributed by atoms with Gasteiger partial charge in [-0.3, -0.25) is 0 Å². The molecule has 1 aliphatic heterocycles. The van der Waals surface area contributed by atoms with Crippen LogP contribution in [-0.4, -0.2) is 60.7 Å². The van der Waals surface area contributed by atoms with Crippen molar-refractivity contribution in [3.63, 3.8) is 0 Å². The highest BCUT2D eigenvalue weighted by molar-refractivity contribution is 7.45. The third-order valence-electron chi connectivity index (χ3n) is 2.92. The van der Waals surface area contributed by atoms with Crippen molar-refractivity contribution in [2.45, 2.75) is 37.4 Å². The summed E-state index contributed by atoms with van der Waals surface area (Å²) >= 11 is 0. The molecular weight excluding hydrogens is 287 g/mol. The number of nitrogens with zero attached hydrogens (tertiary/aromatic N) is 2. The molecule has 4 atom stereocenters. The molecule has 9 heteroatoms. The fraction of sp³-hybridized carbons (Fsp3) is 0.636. The zero-order valence-corrected chi connectivity index (χ0v) is 11.5. The number of aliphatic hydroxyl groups excluding tert-OH is 2. The Bertz CT molecular complexity index is 409. The first-order valence-electron chi connectivity index (χ1n) is 6.17. The lowest BCUT2D eigenvalue weighted by atomic mass is 10.0. The van der Waals surface area contributed by atoms with E-state index in [1.54, 1.807) is 6.07 Å². The molecule has 1 aliphatic rings. The maximum Gasteiger partial charge on any atom is 0.318 e. The van der Waals surface area contributed by atoms with E-state index < -0.39 is 33.0 Å². The van der Waals surface area contributed by atoms with Crippen molar-refractivity contribution in [3.05, 3.63) is 18.5 Å². The molecule has 0 aromatic carbocycles. The Hall–Kier alpha value is -0.890. The van der Waals surface area contributed by atoms with Crippen LogP contribution in [0.25, 0.3) is 0 Å². The quantitative estimate of drug-likeness (QED) is 0.530. The van der Waals surface area contributed by atoms with Gasteiger partial charge >= 0.3 is 6.01 Å². The third kappa shape index (κ3) is 4.31. The van der Waals surface area contributed by atoms with Crippen LogP contribution in [0.4, 0.5) is 0 Å². The predicted molar refractivity (Wildman–Crippen MR) is 68.8 cm³/mol. The van der Waals surface area contributed by atoms with Gasteiger partial charge in [-0.2, -0.15) is 0 Å². The van der Waals surface area contributed by atoms with E-state index in [4.69, 9.17) is 19.3 Å². The lowest BCUT2D eigenvalue weighted by Crippen LogP contribution is -2.51. The maximum absolute atomic E-state index is 9.84. The van der Waals surface area contributed by atoms with Gasteiger partial charge in [0.15, 0.2) is 8.38 Å². The number of aliphatic hydroxyl groups is 2. The number of hydrogen-bond donors (Lipinski definition) is 4. The monoisotopic (exact) mass is 304 g/mol. The topological polar surface area (TPSA) is 125 Å². The van der Waals surface area contributed by atoms with Crippen LogP contribution >= 0.6 is 8.38 Å². The van der Waals surface area contributed by atoms with Crippen molar-refractivity contribution < 1.29 is 29.5 Å². The minimum atomic E-state index is -2.00. The second-order valence-electron chi connectivity index (χ2n) is 4.45. The summed E-state index contributed by atoms with van der Waals surface area (Å²) in [5.74, 6) is 0. The number of rotatable bonds is 5. The summed E-state index contributed by atoms with van der Waals surface area (Å²) in [6.45, 7) is 0. The molecule has 0 aliphatic carbocycles. The third-order valence-corrected chi connectivity index (χ3v) is 3.58. The van der Waals surface area contributed by atoms with Crippen LogP contribution in [0.5, 0.6) is 6.01 Å². The summed E-state index contributed by atoms with van der Waals surface area (Å²) in [6, 6.07) is 1.66. The average molecular weight is 304 g/mol. The minimum absolute atomic E-state index is 0.0379. The van der Waals surface area contributed by atoms with E-state index in [2.05, 4.69) is 9.97 Å². The van der Waals surface area contributed by atoms with Crippen molar-refractivity contribution in [2.75, 3.05) is 6.16 Å². The summed E-state index contributed by atoms with van der Waals surface area (Å²) in [5.41, 5.74) is 0. The van der Waals surface area contributed by atoms with Crippen LogP contribution in [-0.2, 0) is 4.74 Å². The molecule has 112 valence electrons. The number of hydrogen-bond acceptors (Lipinski definition) is 8. The second kappa shape index (κ2) is 7.21. The largest absolute Gasteiger partial charge is 0.431 e. The van der Waals surface area contributed by atoms with Crippen molar-refractivity contribution in [3.8, 4) is 6.01 Å². The van der Waals surface area contributed by atoms with Gasteiger partial charge in [-0.15, -0.1) is 0 Å². The average Bonchev–Trinajstić information content (AvgIpc) is 2.43. The molecule has 0 spiro atoms. The van der Waals surface area contributed by atoms with Gasteiger partial charge in [0.1, 0.15) is 6.10 Å². The SMILES string of the molecule is OC1CC(CCP(O)O)OC(Oc2ncccn2)C1O. The molecule has 1 fully saturated rings. The van der Waals surface area contributed by atoms with E-state index in [1.165, 1.54) is 12.4 Å². The zero-order valence-electron chi connectivity index (χ0n) is 10.6. The summed E-state index contributed by atoms with van der Waals surface area (Å²) in [5, 5.41) is 19.6. The van der Waals surface area contributed by atoms with E-state index in [-0.39, 0.29) is 18.6 Å². The van der Waals surface area contributed by atoms with Crippen LogP contribution in [0.1, 0.15) is 12.8 Å². The Labute approximate surface area is 116 Å². The molecule has 0 saturated carbocycles. The van der Waals surface area contributed by atoms with Gasteiger partial charge in [0.25, 0.3) is 0 Å². The molecule has 0 amide bonds. The predicted octanol–water partition coefficient (Wildman–Crippen LogP) is -0.621. The van der Waals surface area contributed by atoms with Gasteiger partial charge in [0.2, 0.25) is 6.29 Å². The lowest BCUT2D eigenvalue weighted by molar-refractivity contribution is -0.237. The number of aromatic nitrogens is 2. The molecule has 4 unspecified atom stereocenters. The van der Waals surface area contributed by atoms with Crippen LogP contribution in [0.15, 0.2) is 18.5 Å². The summed E-state index contributed by atoms with van der Waals surface area (Å²) in [4.78, 5) is 25.5. The smallest absolute Gasteiger partial charge is 0.318 e. The first kappa shape index (κ1) is 15.5. The fourth-order valence-corrected chi connectivity index (χ4v) is 2.43. The van der Waals surface area contributed by atoms with Crippen LogP contribution < -0.4 is 4.74 Å². The van der Waals surface area contributed by atoms with Gasteiger partial charge in [-0.05, 0) is 12.5 Å². The molecule has 2 rings (SSSR count). The van der Waals surface area contributed by atoms with Crippen molar-refractivity contribution >= 4 is 8.38 Å². The number of ether oxygens (including phenoxy) is 2. The van der Waals surface area contributed by atoms with Crippen molar-refractivity contribution in [1.29, 1.82) is 0 Å². The van der Waals surface area contributed by atoms with Crippen molar-refractivity contribution in [1.82, 2.24) is 9.97 Å². The Morgan fingerprint density at radius 2 is 2.00 bits per heavy atom. The van der Waals surface area contributed by atoms with E-state index in [0.717, 1.165) is 0 Å². The molecule has 1 saturated heterocycles. The normalized spacial score (nSPS) is 30.4. The molecule has 1 aromatic heterocycles. The van der Waals surface area contributed by atoms with Crippen LogP contribution in [0.3, 0.4) is 0 Å². The first-order valence-corrected chi connectivity index (χ1v) is 7.60. The van der Waals surface area contributed by atoms with Gasteiger partial charge < -0.3 is 29.5 Å². The van der Waals surface area contributed by atoms with Gasteiger partial charge in [-0.1, -0.05) is 0 Å². The van der Waals surface area contributed by atoms with E-state index in [9.17, 15) is 10.2 Å². The Morgan fingerprint density at radius 1 is 1.30 bits per heavy atom. The maximum atomic E-state index is 9.84. The summed E-state index contributed by atoms with van der Waals surface area (Å²) in [6.07, 6.45) is -0.0197. The molecule has 8 nitrogen and oxygen atoms in total. The van der Waals surface area contributed by atoms with Gasteiger partial charge in [-0.25, -0.2) is 9.97 Å². The molecule has 20 heavy (non-hydrogen) atoms. The fourth-order valence-electron chi connectivity index (χ4n) is 1.91. The van der Waals surface area contributed by atoms with Crippen molar-refractivity contribution in [2.24, 2.45) is 0 Å². The molecular formula is C11H17N2O6P. The highest BCUT2D eigenvalue weighted by Gasteiger charge is 2.38. The molecule has 4 N–H and O–H groups in total. The summed E-state index contributed by atoms with van der Waals surface area (Å²) in [7, 11) is -2.00. The Balaban J connectivity index is 1.95.